The van der Waals surface area contributed by atoms with Crippen LogP contribution in [0.15, 0.2) is 29.2 Å². The molecule has 1 aromatic carbocycles. The van der Waals surface area contributed by atoms with E-state index in [1.807, 2.05) is 0 Å². The van der Waals surface area contributed by atoms with Crippen molar-refractivity contribution in [1.82, 2.24) is 10.0 Å². The molecule has 5 nitrogen and oxygen atoms in total. The lowest BCUT2D eigenvalue weighted by Gasteiger charge is -2.11. The van der Waals surface area contributed by atoms with E-state index in [4.69, 9.17) is 11.6 Å². The van der Waals surface area contributed by atoms with Crippen LogP contribution in [-0.4, -0.2) is 26.9 Å². The Morgan fingerprint density at radius 3 is 2.83 bits per heavy atom. The lowest BCUT2D eigenvalue weighted by Crippen LogP contribution is -2.38. The molecule has 98 valence electrons. The fourth-order valence-electron chi connectivity index (χ4n) is 1.76. The van der Waals surface area contributed by atoms with Gasteiger partial charge in [-0.25, -0.2) is 13.1 Å². The molecule has 1 amide bonds. The summed E-state index contributed by atoms with van der Waals surface area (Å²) >= 11 is 5.75. The Kier molecular flexibility index (Phi) is 3.89. The third-order valence-corrected chi connectivity index (χ3v) is 4.37. The topological polar surface area (TPSA) is 75.3 Å². The molecule has 1 aliphatic heterocycles. The first-order chi connectivity index (χ1) is 8.47. The first-order valence-electron chi connectivity index (χ1n) is 5.52. The van der Waals surface area contributed by atoms with Gasteiger partial charge in [-0.3, -0.25) is 4.79 Å². The lowest BCUT2D eigenvalue weighted by molar-refractivity contribution is -0.119. The van der Waals surface area contributed by atoms with Crippen molar-refractivity contribution >= 4 is 27.5 Å². The highest BCUT2D eigenvalue weighted by Crippen LogP contribution is 2.15. The van der Waals surface area contributed by atoms with E-state index in [0.717, 1.165) is 0 Å². The SMILES string of the molecule is O=C1CCC(CNS(=O)(=O)c2cccc(Cl)c2)N1. The predicted octanol–water partition coefficient (Wildman–Crippen LogP) is 0.897. The molecule has 0 bridgehead atoms. The predicted molar refractivity (Wildman–Crippen MR) is 67.8 cm³/mol. The van der Waals surface area contributed by atoms with Gasteiger partial charge in [0, 0.05) is 24.0 Å². The number of rotatable bonds is 4. The molecule has 1 saturated heterocycles. The number of hydrogen-bond acceptors (Lipinski definition) is 3. The van der Waals surface area contributed by atoms with Gasteiger partial charge in [0.15, 0.2) is 0 Å². The number of sulfonamides is 1. The zero-order chi connectivity index (χ0) is 13.2. The van der Waals surface area contributed by atoms with Crippen LogP contribution in [0.4, 0.5) is 0 Å². The third-order valence-electron chi connectivity index (χ3n) is 2.71. The van der Waals surface area contributed by atoms with Crippen LogP contribution in [-0.2, 0) is 14.8 Å². The van der Waals surface area contributed by atoms with Gasteiger partial charge >= 0.3 is 0 Å². The smallest absolute Gasteiger partial charge is 0.240 e. The Labute approximate surface area is 111 Å². The van der Waals surface area contributed by atoms with E-state index >= 15 is 0 Å². The van der Waals surface area contributed by atoms with E-state index in [2.05, 4.69) is 10.0 Å². The van der Waals surface area contributed by atoms with Gasteiger partial charge in [-0.15, -0.1) is 0 Å². The Morgan fingerprint density at radius 1 is 1.44 bits per heavy atom. The van der Waals surface area contributed by atoms with Crippen LogP contribution in [0.3, 0.4) is 0 Å². The van der Waals surface area contributed by atoms with Gasteiger partial charge in [-0.05, 0) is 24.6 Å². The molecule has 1 aliphatic rings. The van der Waals surface area contributed by atoms with E-state index in [-0.39, 0.29) is 23.4 Å². The highest BCUT2D eigenvalue weighted by atomic mass is 35.5. The van der Waals surface area contributed by atoms with Gasteiger partial charge in [0.1, 0.15) is 0 Å². The highest BCUT2D eigenvalue weighted by Gasteiger charge is 2.23. The summed E-state index contributed by atoms with van der Waals surface area (Å²) in [6.07, 6.45) is 1.10. The van der Waals surface area contributed by atoms with Crippen molar-refractivity contribution in [2.45, 2.75) is 23.8 Å². The largest absolute Gasteiger partial charge is 0.352 e. The summed E-state index contributed by atoms with van der Waals surface area (Å²) in [4.78, 5) is 11.1. The van der Waals surface area contributed by atoms with E-state index in [1.54, 1.807) is 12.1 Å². The Morgan fingerprint density at radius 2 is 2.22 bits per heavy atom. The number of carbonyl (C=O) groups is 1. The molecule has 0 aliphatic carbocycles. The van der Waals surface area contributed by atoms with Crippen LogP contribution in [0.25, 0.3) is 0 Å². The second-order valence-electron chi connectivity index (χ2n) is 4.11. The first kappa shape index (κ1) is 13.3. The number of nitrogens with one attached hydrogen (secondary N) is 2. The highest BCUT2D eigenvalue weighted by molar-refractivity contribution is 7.89. The Hall–Kier alpha value is -1.11. The molecule has 0 aromatic heterocycles. The quantitative estimate of drug-likeness (QED) is 0.864. The Bertz CT molecular complexity index is 559. The standard InChI is InChI=1S/C11H13ClN2O3S/c12-8-2-1-3-10(6-8)18(16,17)13-7-9-4-5-11(15)14-9/h1-3,6,9,13H,4-5,7H2,(H,14,15). The number of benzene rings is 1. The van der Waals surface area contributed by atoms with Crippen LogP contribution >= 0.6 is 11.6 Å². The van der Waals surface area contributed by atoms with Crippen LogP contribution in [0.1, 0.15) is 12.8 Å². The van der Waals surface area contributed by atoms with Crippen molar-refractivity contribution in [2.75, 3.05) is 6.54 Å². The van der Waals surface area contributed by atoms with Crippen molar-refractivity contribution in [2.24, 2.45) is 0 Å². The molecule has 1 heterocycles. The molecule has 0 saturated carbocycles. The van der Waals surface area contributed by atoms with Crippen molar-refractivity contribution in [3.8, 4) is 0 Å². The van der Waals surface area contributed by atoms with E-state index < -0.39 is 10.0 Å². The summed E-state index contributed by atoms with van der Waals surface area (Å²) in [6, 6.07) is 5.91. The monoisotopic (exact) mass is 288 g/mol. The Balaban J connectivity index is 2.01. The maximum absolute atomic E-state index is 11.9. The lowest BCUT2D eigenvalue weighted by atomic mass is 10.2. The van der Waals surface area contributed by atoms with Crippen molar-refractivity contribution < 1.29 is 13.2 Å². The zero-order valence-corrected chi connectivity index (χ0v) is 11.1. The average molecular weight is 289 g/mol. The summed E-state index contributed by atoms with van der Waals surface area (Å²) in [5.41, 5.74) is 0. The molecule has 0 spiro atoms. The summed E-state index contributed by atoms with van der Waals surface area (Å²) in [6.45, 7) is 0.195. The molecular formula is C11H13ClN2O3S. The van der Waals surface area contributed by atoms with Crippen molar-refractivity contribution in [3.63, 3.8) is 0 Å². The summed E-state index contributed by atoms with van der Waals surface area (Å²) in [5, 5.41) is 3.06. The summed E-state index contributed by atoms with van der Waals surface area (Å²) in [5.74, 6) is -0.0399. The van der Waals surface area contributed by atoms with E-state index in [9.17, 15) is 13.2 Å². The molecule has 2 rings (SSSR count). The first-order valence-corrected chi connectivity index (χ1v) is 7.38. The van der Waals surface area contributed by atoms with Crippen LogP contribution < -0.4 is 10.0 Å². The van der Waals surface area contributed by atoms with Crippen molar-refractivity contribution in [1.29, 1.82) is 0 Å². The average Bonchev–Trinajstić information content (AvgIpc) is 2.73. The minimum absolute atomic E-state index is 0.0399. The molecular weight excluding hydrogens is 276 g/mol. The molecule has 2 N–H and O–H groups in total. The van der Waals surface area contributed by atoms with Gasteiger partial charge < -0.3 is 5.32 Å². The minimum atomic E-state index is -3.57. The molecule has 18 heavy (non-hydrogen) atoms. The maximum Gasteiger partial charge on any atom is 0.240 e. The van der Waals surface area contributed by atoms with Gasteiger partial charge in [0.2, 0.25) is 15.9 Å². The summed E-state index contributed by atoms with van der Waals surface area (Å²) < 4.78 is 26.3. The zero-order valence-electron chi connectivity index (χ0n) is 9.52. The van der Waals surface area contributed by atoms with Gasteiger partial charge in [-0.2, -0.15) is 0 Å². The molecule has 7 heteroatoms. The fraction of sp³-hybridized carbons (Fsp3) is 0.364. The molecule has 1 unspecified atom stereocenters. The molecule has 1 atom stereocenters. The molecule has 1 fully saturated rings. The van der Waals surface area contributed by atoms with Crippen molar-refractivity contribution in [3.05, 3.63) is 29.3 Å². The number of carbonyl (C=O) groups excluding carboxylic acids is 1. The van der Waals surface area contributed by atoms with Gasteiger partial charge in [0.25, 0.3) is 0 Å². The summed E-state index contributed by atoms with van der Waals surface area (Å²) in [7, 11) is -3.57. The number of hydrogen-bond donors (Lipinski definition) is 2. The molecule has 1 aromatic rings. The van der Waals surface area contributed by atoms with Gasteiger partial charge in [0.05, 0.1) is 4.90 Å². The van der Waals surface area contributed by atoms with Crippen LogP contribution in [0.2, 0.25) is 5.02 Å². The second-order valence-corrected chi connectivity index (χ2v) is 6.32. The van der Waals surface area contributed by atoms with Gasteiger partial charge in [-0.1, -0.05) is 17.7 Å². The normalized spacial score (nSPS) is 19.8. The maximum atomic E-state index is 11.9. The molecule has 0 radical (unpaired) electrons. The van der Waals surface area contributed by atoms with Crippen LogP contribution in [0.5, 0.6) is 0 Å². The third kappa shape index (κ3) is 3.22. The minimum Gasteiger partial charge on any atom is -0.352 e. The van der Waals surface area contributed by atoms with E-state index in [1.165, 1.54) is 12.1 Å². The van der Waals surface area contributed by atoms with E-state index in [0.29, 0.717) is 17.9 Å². The number of halogens is 1. The second kappa shape index (κ2) is 5.26. The fourth-order valence-corrected chi connectivity index (χ4v) is 3.14. The van der Waals surface area contributed by atoms with Crippen LogP contribution in [0, 0.1) is 0 Å². The number of amides is 1.